The van der Waals surface area contributed by atoms with E-state index < -0.39 is 0 Å². The highest BCUT2D eigenvalue weighted by Crippen LogP contribution is 2.25. The molecular formula is C24H23ClN6O2. The maximum atomic E-state index is 12.3. The molecule has 8 nitrogen and oxygen atoms in total. The van der Waals surface area contributed by atoms with Gasteiger partial charge in [-0.2, -0.15) is 5.10 Å². The molecule has 0 saturated heterocycles. The lowest BCUT2D eigenvalue weighted by Gasteiger charge is -2.22. The summed E-state index contributed by atoms with van der Waals surface area (Å²) in [5.41, 5.74) is 5.32. The van der Waals surface area contributed by atoms with Gasteiger partial charge < -0.3 is 15.4 Å². The Hall–Kier alpha value is -3.49. The van der Waals surface area contributed by atoms with Gasteiger partial charge >= 0.3 is 0 Å². The Kier molecular flexibility index (Phi) is 5.93. The van der Waals surface area contributed by atoms with Gasteiger partial charge in [0.2, 0.25) is 11.8 Å². The lowest BCUT2D eigenvalue weighted by Crippen LogP contribution is -2.39. The molecule has 0 radical (unpaired) electrons. The lowest BCUT2D eigenvalue weighted by molar-refractivity contribution is -0.115. The monoisotopic (exact) mass is 462 g/mol. The lowest BCUT2D eigenvalue weighted by atomic mass is 9.93. The van der Waals surface area contributed by atoms with Crippen molar-refractivity contribution >= 4 is 34.2 Å². The molecule has 0 fully saturated rings. The minimum atomic E-state index is -0.0953. The molecule has 0 spiro atoms. The summed E-state index contributed by atoms with van der Waals surface area (Å²) in [7, 11) is 1.60. The fourth-order valence-corrected chi connectivity index (χ4v) is 4.29. The molecule has 3 heterocycles. The van der Waals surface area contributed by atoms with Crippen molar-refractivity contribution in [3.8, 4) is 11.6 Å². The highest BCUT2D eigenvalue weighted by Gasteiger charge is 2.23. The summed E-state index contributed by atoms with van der Waals surface area (Å²) in [6.45, 7) is 0.235. The van der Waals surface area contributed by atoms with Gasteiger partial charge in [0.25, 0.3) is 0 Å². The molecule has 168 valence electrons. The van der Waals surface area contributed by atoms with Crippen LogP contribution in [0, 0.1) is 0 Å². The second-order valence-corrected chi connectivity index (χ2v) is 8.41. The second kappa shape index (κ2) is 9.17. The number of pyridine rings is 2. The highest BCUT2D eigenvalue weighted by atomic mass is 35.5. The van der Waals surface area contributed by atoms with E-state index in [1.165, 1.54) is 5.56 Å². The zero-order valence-electron chi connectivity index (χ0n) is 18.1. The first-order valence-corrected chi connectivity index (χ1v) is 11.1. The van der Waals surface area contributed by atoms with Crippen LogP contribution in [0.25, 0.3) is 16.7 Å². The van der Waals surface area contributed by atoms with Crippen LogP contribution in [0.15, 0.2) is 54.9 Å². The quantitative estimate of drug-likeness (QED) is 0.455. The number of aryl methyl sites for hydroxylation is 1. The Morgan fingerprint density at radius 2 is 2.18 bits per heavy atom. The smallest absolute Gasteiger partial charge is 0.238 e. The summed E-state index contributed by atoms with van der Waals surface area (Å²) in [6, 6.07) is 12.9. The van der Waals surface area contributed by atoms with Gasteiger partial charge in [0.05, 0.1) is 30.6 Å². The zero-order valence-corrected chi connectivity index (χ0v) is 18.8. The van der Waals surface area contributed by atoms with Crippen LogP contribution in [0.5, 0.6) is 5.88 Å². The number of carbonyl (C=O) groups excluding carboxylic acids is 1. The number of amides is 1. The molecule has 0 aliphatic heterocycles. The molecule has 3 aromatic heterocycles. The summed E-state index contributed by atoms with van der Waals surface area (Å²) in [6.07, 6.45) is 6.37. The van der Waals surface area contributed by atoms with Crippen molar-refractivity contribution in [3.05, 3.63) is 71.1 Å². The first-order valence-electron chi connectivity index (χ1n) is 10.8. The van der Waals surface area contributed by atoms with Crippen molar-refractivity contribution < 1.29 is 9.53 Å². The first kappa shape index (κ1) is 21.4. The van der Waals surface area contributed by atoms with Crippen LogP contribution in [-0.2, 0) is 17.6 Å². The van der Waals surface area contributed by atoms with Crippen LogP contribution >= 0.6 is 11.6 Å². The number of aromatic nitrogens is 4. The Morgan fingerprint density at radius 3 is 3.03 bits per heavy atom. The molecule has 2 N–H and O–H groups in total. The summed E-state index contributed by atoms with van der Waals surface area (Å²) < 4.78 is 7.15. The number of ether oxygens (including phenoxy) is 1. The first-order chi connectivity index (χ1) is 16.1. The van der Waals surface area contributed by atoms with Crippen LogP contribution in [0.3, 0.4) is 0 Å². The zero-order chi connectivity index (χ0) is 22.8. The molecule has 0 bridgehead atoms. The Morgan fingerprint density at radius 1 is 1.27 bits per heavy atom. The average Bonchev–Trinajstić information content (AvgIpc) is 3.25. The summed E-state index contributed by atoms with van der Waals surface area (Å²) >= 11 is 5.98. The van der Waals surface area contributed by atoms with Crippen molar-refractivity contribution in [2.24, 2.45) is 0 Å². The molecule has 5 rings (SSSR count). The standard InChI is InChI=1S/C24H23ClN6O2/c1-33-23-8-7-20-24(29-23)21(9-10-26-20)31-14-15-11-17(5-6-19(15)30-31)27-13-22(32)28-18-4-2-3-16(25)12-18/h2-4,7-10,12,14,17,27H,5-6,11,13H2,1H3,(H,28,32). The molecule has 1 unspecified atom stereocenters. The average molecular weight is 463 g/mol. The van der Waals surface area contributed by atoms with Gasteiger partial charge in [0, 0.05) is 35.2 Å². The van der Waals surface area contributed by atoms with Crippen LogP contribution in [0.4, 0.5) is 5.69 Å². The van der Waals surface area contributed by atoms with Gasteiger partial charge in [-0.1, -0.05) is 17.7 Å². The largest absolute Gasteiger partial charge is 0.481 e. The van der Waals surface area contributed by atoms with Crippen LogP contribution in [-0.4, -0.2) is 45.4 Å². The van der Waals surface area contributed by atoms with E-state index in [4.69, 9.17) is 21.4 Å². The van der Waals surface area contributed by atoms with Crippen molar-refractivity contribution in [3.63, 3.8) is 0 Å². The molecule has 1 aliphatic rings. The van der Waals surface area contributed by atoms with Crippen molar-refractivity contribution in [1.29, 1.82) is 0 Å². The molecule has 1 amide bonds. The van der Waals surface area contributed by atoms with Gasteiger partial charge in [0.15, 0.2) is 0 Å². The molecule has 1 aliphatic carbocycles. The third-order valence-corrected chi connectivity index (χ3v) is 5.96. The second-order valence-electron chi connectivity index (χ2n) is 7.98. The van der Waals surface area contributed by atoms with E-state index in [-0.39, 0.29) is 18.5 Å². The van der Waals surface area contributed by atoms with E-state index in [0.717, 1.165) is 41.7 Å². The third-order valence-electron chi connectivity index (χ3n) is 5.73. The van der Waals surface area contributed by atoms with E-state index in [1.54, 1.807) is 31.5 Å². The maximum Gasteiger partial charge on any atom is 0.238 e. The summed E-state index contributed by atoms with van der Waals surface area (Å²) in [5, 5.41) is 11.6. The van der Waals surface area contributed by atoms with E-state index in [9.17, 15) is 4.79 Å². The van der Waals surface area contributed by atoms with E-state index in [2.05, 4.69) is 20.6 Å². The van der Waals surface area contributed by atoms with E-state index in [1.807, 2.05) is 35.1 Å². The molecule has 9 heteroatoms. The fraction of sp³-hybridized carbons (Fsp3) is 0.250. The van der Waals surface area contributed by atoms with Crippen LogP contribution in [0.2, 0.25) is 5.02 Å². The number of carbonyl (C=O) groups is 1. The van der Waals surface area contributed by atoms with Gasteiger partial charge in [0.1, 0.15) is 5.52 Å². The topological polar surface area (TPSA) is 94.0 Å². The molecule has 0 saturated carbocycles. The predicted octanol–water partition coefficient (Wildman–Crippen LogP) is 3.56. The normalized spacial score (nSPS) is 15.3. The number of anilines is 1. The fourth-order valence-electron chi connectivity index (χ4n) is 4.10. The molecule has 4 aromatic rings. The van der Waals surface area contributed by atoms with Crippen molar-refractivity contribution in [2.45, 2.75) is 25.3 Å². The minimum absolute atomic E-state index is 0.0953. The molecule has 1 atom stereocenters. The SMILES string of the molecule is COc1ccc2nccc(-n3cc4c(n3)CCC(NCC(=O)Nc3cccc(Cl)c3)C4)c2n1. The van der Waals surface area contributed by atoms with Crippen LogP contribution in [0.1, 0.15) is 17.7 Å². The number of nitrogens with one attached hydrogen (secondary N) is 2. The van der Waals surface area contributed by atoms with Crippen molar-refractivity contribution in [1.82, 2.24) is 25.1 Å². The number of halogens is 1. The van der Waals surface area contributed by atoms with Gasteiger partial charge in [-0.15, -0.1) is 0 Å². The Labute approximate surface area is 196 Å². The number of benzene rings is 1. The number of hydrogen-bond acceptors (Lipinski definition) is 6. The van der Waals surface area contributed by atoms with E-state index in [0.29, 0.717) is 16.6 Å². The number of hydrogen-bond donors (Lipinski definition) is 2. The van der Waals surface area contributed by atoms with Crippen molar-refractivity contribution in [2.75, 3.05) is 19.0 Å². The maximum absolute atomic E-state index is 12.3. The third kappa shape index (κ3) is 4.67. The highest BCUT2D eigenvalue weighted by molar-refractivity contribution is 6.30. The number of nitrogens with zero attached hydrogens (tertiary/aromatic N) is 4. The molecular weight excluding hydrogens is 440 g/mol. The van der Waals surface area contributed by atoms with Gasteiger partial charge in [-0.3, -0.25) is 9.78 Å². The molecule has 1 aromatic carbocycles. The Balaban J connectivity index is 1.27. The minimum Gasteiger partial charge on any atom is -0.481 e. The number of fused-ring (bicyclic) bond motifs is 2. The summed E-state index contributed by atoms with van der Waals surface area (Å²) in [4.78, 5) is 21.3. The van der Waals surface area contributed by atoms with Gasteiger partial charge in [-0.25, -0.2) is 9.67 Å². The van der Waals surface area contributed by atoms with E-state index >= 15 is 0 Å². The number of rotatable bonds is 6. The number of methoxy groups -OCH3 is 1. The molecule has 33 heavy (non-hydrogen) atoms. The predicted molar refractivity (Wildman–Crippen MR) is 127 cm³/mol. The van der Waals surface area contributed by atoms with Crippen LogP contribution < -0.4 is 15.4 Å². The van der Waals surface area contributed by atoms with Gasteiger partial charge in [-0.05, 0) is 55.2 Å². The Bertz CT molecular complexity index is 1320. The summed E-state index contributed by atoms with van der Waals surface area (Å²) in [5.74, 6) is 0.441.